The molecule has 1 N–H and O–H groups in total. The number of hydrogen-bond acceptors (Lipinski definition) is 6. The Hall–Kier alpha value is -2.58. The second kappa shape index (κ2) is 8.42. The predicted molar refractivity (Wildman–Crippen MR) is 112 cm³/mol. The molecule has 1 aromatic carbocycles. The fourth-order valence-electron chi connectivity index (χ4n) is 3.35. The summed E-state index contributed by atoms with van der Waals surface area (Å²) in [5, 5.41) is 4.45. The van der Waals surface area contributed by atoms with Crippen molar-refractivity contribution < 1.29 is 19.1 Å². The molecule has 0 aliphatic carbocycles. The highest BCUT2D eigenvalue weighted by Gasteiger charge is 2.53. The fourth-order valence-corrected chi connectivity index (χ4v) is 5.35. The number of hydrogen-bond donors (Lipinski definition) is 1. The molecule has 2 amide bonds. The number of rotatable bonds is 6. The minimum atomic E-state index is -0.613. The number of thiophene rings is 1. The first kappa shape index (κ1) is 19.7. The molecule has 0 saturated carbocycles. The second-order valence-electron chi connectivity index (χ2n) is 6.90. The normalized spacial score (nSPS) is 20.7. The summed E-state index contributed by atoms with van der Waals surface area (Å²) in [6.07, 6.45) is 0.250. The lowest BCUT2D eigenvalue weighted by Gasteiger charge is -2.49. The zero-order valence-corrected chi connectivity index (χ0v) is 17.4. The fraction of sp³-hybridized carbons (Fsp3) is 0.286. The Bertz CT molecular complexity index is 956. The molecular weight excluding hydrogens is 408 g/mol. The Morgan fingerprint density at radius 3 is 2.72 bits per heavy atom. The standard InChI is InChI=1S/C21H20N2O4S2/c1-13-12-29-20-17(22-16(24)10-15-8-5-9-28-15)19(25)23(20)18(13)21(26)27-11-14-6-3-2-4-7-14/h2-9,17,20H,10-12H2,1H3,(H,22,24)/t17?,20-/m0/s1. The highest BCUT2D eigenvalue weighted by molar-refractivity contribution is 8.00. The Labute approximate surface area is 176 Å². The summed E-state index contributed by atoms with van der Waals surface area (Å²) in [7, 11) is 0. The molecule has 0 radical (unpaired) electrons. The summed E-state index contributed by atoms with van der Waals surface area (Å²) in [5.41, 5.74) is 1.99. The van der Waals surface area contributed by atoms with E-state index in [9.17, 15) is 14.4 Å². The summed E-state index contributed by atoms with van der Waals surface area (Å²) in [6, 6.07) is 12.6. The highest BCUT2D eigenvalue weighted by Crippen LogP contribution is 2.40. The van der Waals surface area contributed by atoms with Gasteiger partial charge in [-0.15, -0.1) is 23.1 Å². The van der Waals surface area contributed by atoms with Crippen molar-refractivity contribution in [2.75, 3.05) is 5.75 Å². The molecule has 150 valence electrons. The average molecular weight is 429 g/mol. The number of nitrogens with zero attached hydrogens (tertiary/aromatic N) is 1. The molecule has 0 bridgehead atoms. The zero-order chi connectivity index (χ0) is 20.4. The number of nitrogens with one attached hydrogen (secondary N) is 1. The van der Waals surface area contributed by atoms with Crippen LogP contribution in [0.5, 0.6) is 0 Å². The van der Waals surface area contributed by atoms with Gasteiger partial charge in [0.05, 0.1) is 6.42 Å². The lowest BCUT2D eigenvalue weighted by Crippen LogP contribution is -2.70. The Morgan fingerprint density at radius 1 is 1.21 bits per heavy atom. The SMILES string of the molecule is CC1=C(C(=O)OCc2ccccc2)N2C(=O)C(NC(=O)Cc3cccs3)[C@@H]2SC1. The number of benzene rings is 1. The number of carbonyl (C=O) groups excluding carboxylic acids is 3. The van der Waals surface area contributed by atoms with Gasteiger partial charge in [-0.2, -0.15) is 0 Å². The number of fused-ring (bicyclic) bond motifs is 1. The molecule has 0 spiro atoms. The van der Waals surface area contributed by atoms with Gasteiger partial charge in [-0.05, 0) is 29.5 Å². The van der Waals surface area contributed by atoms with Gasteiger partial charge in [0.1, 0.15) is 23.7 Å². The third kappa shape index (κ3) is 4.09. The quantitative estimate of drug-likeness (QED) is 0.566. The molecule has 2 atom stereocenters. The third-order valence-corrected chi connectivity index (χ3v) is 7.10. The van der Waals surface area contributed by atoms with E-state index in [4.69, 9.17) is 4.74 Å². The van der Waals surface area contributed by atoms with Gasteiger partial charge in [0.15, 0.2) is 0 Å². The molecule has 2 aliphatic rings. The second-order valence-corrected chi connectivity index (χ2v) is 9.04. The van der Waals surface area contributed by atoms with Crippen LogP contribution in [0.25, 0.3) is 0 Å². The van der Waals surface area contributed by atoms with Crippen molar-refractivity contribution in [3.63, 3.8) is 0 Å². The Balaban J connectivity index is 1.40. The van der Waals surface area contributed by atoms with E-state index in [0.717, 1.165) is 16.0 Å². The van der Waals surface area contributed by atoms with Crippen molar-refractivity contribution in [3.05, 3.63) is 69.6 Å². The Kier molecular flexibility index (Phi) is 5.73. The summed E-state index contributed by atoms with van der Waals surface area (Å²) in [5.74, 6) is -0.353. The van der Waals surface area contributed by atoms with Crippen molar-refractivity contribution in [1.82, 2.24) is 10.2 Å². The summed E-state index contributed by atoms with van der Waals surface area (Å²) in [4.78, 5) is 40.1. The van der Waals surface area contributed by atoms with E-state index in [1.165, 1.54) is 16.2 Å². The molecule has 2 aromatic rings. The number of ether oxygens (including phenoxy) is 1. The van der Waals surface area contributed by atoms with E-state index < -0.39 is 12.0 Å². The molecule has 1 aromatic heterocycles. The van der Waals surface area contributed by atoms with Crippen molar-refractivity contribution in [2.24, 2.45) is 0 Å². The van der Waals surface area contributed by atoms with E-state index in [1.54, 1.807) is 11.8 Å². The van der Waals surface area contributed by atoms with Crippen LogP contribution in [0.1, 0.15) is 17.4 Å². The molecule has 1 fully saturated rings. The number of carbonyl (C=O) groups is 3. The minimum absolute atomic E-state index is 0.150. The van der Waals surface area contributed by atoms with Crippen LogP contribution < -0.4 is 5.32 Å². The van der Waals surface area contributed by atoms with Crippen LogP contribution in [0.15, 0.2) is 59.1 Å². The van der Waals surface area contributed by atoms with Crippen molar-refractivity contribution in [1.29, 1.82) is 0 Å². The monoisotopic (exact) mass is 428 g/mol. The number of thioether (sulfide) groups is 1. The number of esters is 1. The number of β-lactam (4-membered cyclic amide) rings is 1. The van der Waals surface area contributed by atoms with E-state index in [1.807, 2.05) is 54.8 Å². The van der Waals surface area contributed by atoms with Gasteiger partial charge in [-0.1, -0.05) is 36.4 Å². The lowest BCUT2D eigenvalue weighted by molar-refractivity contribution is -0.153. The maximum Gasteiger partial charge on any atom is 0.355 e. The molecule has 2 aliphatic heterocycles. The lowest BCUT2D eigenvalue weighted by atomic mass is 10.0. The molecule has 1 saturated heterocycles. The highest BCUT2D eigenvalue weighted by atomic mass is 32.2. The van der Waals surface area contributed by atoms with Gasteiger partial charge in [0.25, 0.3) is 5.91 Å². The van der Waals surface area contributed by atoms with E-state index >= 15 is 0 Å². The van der Waals surface area contributed by atoms with Crippen molar-refractivity contribution in [2.45, 2.75) is 31.4 Å². The summed E-state index contributed by atoms with van der Waals surface area (Å²) in [6.45, 7) is 1.98. The predicted octanol–water partition coefficient (Wildman–Crippen LogP) is 2.71. The Morgan fingerprint density at radius 2 is 2.00 bits per heavy atom. The topological polar surface area (TPSA) is 75.7 Å². The first-order chi connectivity index (χ1) is 14.0. The van der Waals surface area contributed by atoms with E-state index in [-0.39, 0.29) is 30.2 Å². The zero-order valence-electron chi connectivity index (χ0n) is 15.8. The largest absolute Gasteiger partial charge is 0.456 e. The molecule has 4 rings (SSSR count). The van der Waals surface area contributed by atoms with Gasteiger partial charge in [0.2, 0.25) is 5.91 Å². The van der Waals surface area contributed by atoms with Crippen LogP contribution in [0.2, 0.25) is 0 Å². The van der Waals surface area contributed by atoms with Gasteiger partial charge in [0, 0.05) is 10.6 Å². The maximum atomic E-state index is 12.7. The summed E-state index contributed by atoms with van der Waals surface area (Å²) < 4.78 is 5.44. The van der Waals surface area contributed by atoms with Crippen LogP contribution in [-0.4, -0.2) is 39.9 Å². The minimum Gasteiger partial charge on any atom is -0.456 e. The maximum absolute atomic E-state index is 12.7. The molecule has 1 unspecified atom stereocenters. The smallest absolute Gasteiger partial charge is 0.355 e. The van der Waals surface area contributed by atoms with Gasteiger partial charge < -0.3 is 10.1 Å². The molecule has 8 heteroatoms. The van der Waals surface area contributed by atoms with Gasteiger partial charge in [-0.3, -0.25) is 14.5 Å². The van der Waals surface area contributed by atoms with Crippen LogP contribution in [0, 0.1) is 0 Å². The molecule has 29 heavy (non-hydrogen) atoms. The van der Waals surface area contributed by atoms with E-state index in [2.05, 4.69) is 5.32 Å². The van der Waals surface area contributed by atoms with Crippen LogP contribution >= 0.6 is 23.1 Å². The molecular formula is C21H20N2O4S2. The van der Waals surface area contributed by atoms with Crippen LogP contribution in [-0.2, 0) is 32.1 Å². The first-order valence-corrected chi connectivity index (χ1v) is 11.1. The van der Waals surface area contributed by atoms with Crippen LogP contribution in [0.4, 0.5) is 0 Å². The van der Waals surface area contributed by atoms with Gasteiger partial charge >= 0.3 is 5.97 Å². The van der Waals surface area contributed by atoms with Gasteiger partial charge in [-0.25, -0.2) is 4.79 Å². The van der Waals surface area contributed by atoms with Crippen molar-refractivity contribution in [3.8, 4) is 0 Å². The summed E-state index contributed by atoms with van der Waals surface area (Å²) >= 11 is 3.05. The first-order valence-electron chi connectivity index (χ1n) is 9.22. The molecule has 6 nitrogen and oxygen atoms in total. The third-order valence-electron chi connectivity index (χ3n) is 4.80. The van der Waals surface area contributed by atoms with E-state index in [0.29, 0.717) is 11.4 Å². The van der Waals surface area contributed by atoms with Crippen LogP contribution in [0.3, 0.4) is 0 Å². The average Bonchev–Trinajstić information content (AvgIpc) is 3.23. The molecule has 3 heterocycles. The van der Waals surface area contributed by atoms with Crippen molar-refractivity contribution >= 4 is 40.9 Å². The number of amides is 2.